The molecule has 9 atom stereocenters. The zero-order valence-electron chi connectivity index (χ0n) is 28.9. The van der Waals surface area contributed by atoms with Crippen LogP contribution in [0.3, 0.4) is 0 Å². The molecule has 4 fully saturated rings. The first kappa shape index (κ1) is 31.8. The van der Waals surface area contributed by atoms with Crippen LogP contribution in [0, 0.1) is 62.5 Å². The zero-order chi connectivity index (χ0) is 32.9. The van der Waals surface area contributed by atoms with Gasteiger partial charge < -0.3 is 4.74 Å². The number of para-hydroxylation sites is 1. The van der Waals surface area contributed by atoms with E-state index in [1.165, 1.54) is 16.3 Å². The van der Waals surface area contributed by atoms with Gasteiger partial charge in [-0.25, -0.2) is 9.07 Å². The number of carbonyl (C=O) groups excluding carboxylic acids is 2. The normalized spacial score (nSPS) is 41.3. The van der Waals surface area contributed by atoms with Gasteiger partial charge in [0.15, 0.2) is 0 Å². The summed E-state index contributed by atoms with van der Waals surface area (Å²) >= 11 is 0. The zero-order valence-corrected chi connectivity index (χ0v) is 28.9. The van der Waals surface area contributed by atoms with E-state index in [1.54, 1.807) is 24.4 Å². The number of hydrogen-bond donors (Lipinski definition) is 0. The molecule has 0 aliphatic heterocycles. The minimum atomic E-state index is -0.553. The van der Waals surface area contributed by atoms with Crippen LogP contribution in [0.4, 0.5) is 4.39 Å². The van der Waals surface area contributed by atoms with Gasteiger partial charge in [-0.3, -0.25) is 9.59 Å². The molecule has 0 amide bonds. The monoisotopic (exact) mass is 629 g/mol. The molecule has 0 bridgehead atoms. The van der Waals surface area contributed by atoms with Gasteiger partial charge in [0.2, 0.25) is 0 Å². The molecule has 7 heteroatoms. The summed E-state index contributed by atoms with van der Waals surface area (Å²) in [4.78, 5) is 27.5. The predicted molar refractivity (Wildman–Crippen MR) is 175 cm³/mol. The molecule has 46 heavy (non-hydrogen) atoms. The number of rotatable bonds is 4. The number of aromatic nitrogens is 3. The van der Waals surface area contributed by atoms with Crippen molar-refractivity contribution in [1.82, 2.24) is 15.0 Å². The van der Waals surface area contributed by atoms with Crippen molar-refractivity contribution in [3.63, 3.8) is 0 Å². The number of ketones is 1. The lowest BCUT2D eigenvalue weighted by atomic mass is 9.33. The van der Waals surface area contributed by atoms with Gasteiger partial charge in [0.25, 0.3) is 0 Å². The van der Waals surface area contributed by atoms with Gasteiger partial charge >= 0.3 is 5.97 Å². The summed E-state index contributed by atoms with van der Waals surface area (Å²) in [7, 11) is 0. The fourth-order valence-corrected chi connectivity index (χ4v) is 12.0. The smallest absolute Gasteiger partial charge is 0.313 e. The van der Waals surface area contributed by atoms with Crippen LogP contribution < -0.4 is 0 Å². The van der Waals surface area contributed by atoms with Crippen LogP contribution in [0.2, 0.25) is 0 Å². The molecular formula is C39H52FN3O3. The quantitative estimate of drug-likeness (QED) is 0.250. The minimum absolute atomic E-state index is 0.00227. The number of esters is 1. The van der Waals surface area contributed by atoms with E-state index in [0.717, 1.165) is 51.4 Å². The number of benzene rings is 1. The maximum atomic E-state index is 14.4. The molecule has 5 aliphatic rings. The fraction of sp³-hybridized carbons (Fsp3) is 0.692. The van der Waals surface area contributed by atoms with E-state index >= 15 is 0 Å². The first-order valence-electron chi connectivity index (χ1n) is 17.8. The summed E-state index contributed by atoms with van der Waals surface area (Å²) in [5.74, 6) is 1.92. The Morgan fingerprint density at radius 1 is 1.00 bits per heavy atom. The summed E-state index contributed by atoms with van der Waals surface area (Å²) < 4.78 is 21.9. The van der Waals surface area contributed by atoms with Gasteiger partial charge in [0, 0.05) is 11.8 Å². The molecule has 2 aromatic rings. The molecular weight excluding hydrogens is 577 g/mol. The lowest BCUT2D eigenvalue weighted by molar-refractivity contribution is -0.193. The Morgan fingerprint density at radius 2 is 1.76 bits per heavy atom. The number of ether oxygens (including phenoxy) is 1. The molecule has 5 aliphatic carbocycles. The van der Waals surface area contributed by atoms with E-state index in [1.807, 2.05) is 0 Å². The molecule has 6 nitrogen and oxygen atoms in total. The highest BCUT2D eigenvalue weighted by molar-refractivity contribution is 5.85. The van der Waals surface area contributed by atoms with E-state index in [0.29, 0.717) is 47.3 Å². The van der Waals surface area contributed by atoms with Gasteiger partial charge in [0.1, 0.15) is 29.6 Å². The Morgan fingerprint density at radius 3 is 2.52 bits per heavy atom. The summed E-state index contributed by atoms with van der Waals surface area (Å²) in [5.41, 5.74) is 1.75. The highest BCUT2D eigenvalue weighted by Gasteiger charge is 2.69. The maximum Gasteiger partial charge on any atom is 0.313 e. The number of allylic oxidation sites excluding steroid dienone is 2. The second kappa shape index (κ2) is 10.6. The number of fused-ring (bicyclic) bond motifs is 7. The van der Waals surface area contributed by atoms with Gasteiger partial charge in [-0.05, 0) is 109 Å². The third-order valence-corrected chi connectivity index (χ3v) is 15.1. The Hall–Kier alpha value is -2.83. The van der Waals surface area contributed by atoms with Gasteiger partial charge in [-0.2, -0.15) is 0 Å². The average molecular weight is 630 g/mol. The summed E-state index contributed by atoms with van der Waals surface area (Å²) in [6.07, 6.45) is 12.8. The topological polar surface area (TPSA) is 74.1 Å². The molecule has 248 valence electrons. The fourth-order valence-electron chi connectivity index (χ4n) is 12.0. The van der Waals surface area contributed by atoms with Crippen molar-refractivity contribution in [1.29, 1.82) is 0 Å². The van der Waals surface area contributed by atoms with Gasteiger partial charge in [-0.1, -0.05) is 77.5 Å². The van der Waals surface area contributed by atoms with Gasteiger partial charge in [-0.15, -0.1) is 5.10 Å². The summed E-state index contributed by atoms with van der Waals surface area (Å²) in [6, 6.07) is 6.44. The van der Waals surface area contributed by atoms with E-state index in [9.17, 15) is 14.0 Å². The lowest BCUT2D eigenvalue weighted by Gasteiger charge is -2.70. The molecule has 1 aromatic carbocycles. The molecule has 0 spiro atoms. The van der Waals surface area contributed by atoms with Crippen molar-refractivity contribution in [2.24, 2.45) is 56.7 Å². The molecule has 1 aromatic heterocycles. The van der Waals surface area contributed by atoms with E-state index in [-0.39, 0.29) is 46.0 Å². The third kappa shape index (κ3) is 4.24. The van der Waals surface area contributed by atoms with Crippen LogP contribution in [0.15, 0.2) is 42.1 Å². The van der Waals surface area contributed by atoms with Crippen LogP contribution >= 0.6 is 0 Å². The second-order valence-corrected chi connectivity index (χ2v) is 17.1. The first-order valence-corrected chi connectivity index (χ1v) is 17.8. The number of Topliss-reactive ketones (excluding diaryl/α,β-unsaturated/α-hetero) is 1. The predicted octanol–water partition coefficient (Wildman–Crippen LogP) is 8.68. The van der Waals surface area contributed by atoms with Gasteiger partial charge in [0.05, 0.1) is 11.6 Å². The van der Waals surface area contributed by atoms with Crippen molar-refractivity contribution in [3.05, 3.63) is 53.6 Å². The third-order valence-electron chi connectivity index (χ3n) is 15.1. The SMILES string of the molecule is C[C@H]1[C@H](C)CC[C@]2(C(=O)OCc3cn(-c4ccccc4F)nn3)CC[C@]3(C)C(=CC[C@@H]4[C@@]5(C)CCC(=O)C(C)(C)[C@@H]5CC[C@]43C)[C@H]12. The molecule has 0 saturated heterocycles. The maximum absolute atomic E-state index is 14.4. The first-order chi connectivity index (χ1) is 21.7. The van der Waals surface area contributed by atoms with Crippen LogP contribution in [0.1, 0.15) is 112 Å². The van der Waals surface area contributed by atoms with Crippen LogP contribution in [0.25, 0.3) is 5.69 Å². The Kier molecular flexibility index (Phi) is 7.31. The summed E-state index contributed by atoms with van der Waals surface area (Å²) in [5, 5.41) is 8.30. The second-order valence-electron chi connectivity index (χ2n) is 17.1. The highest BCUT2D eigenvalue weighted by Crippen LogP contribution is 2.75. The molecule has 0 radical (unpaired) electrons. The van der Waals surface area contributed by atoms with Crippen molar-refractivity contribution >= 4 is 11.8 Å². The lowest BCUT2D eigenvalue weighted by Crippen LogP contribution is -2.65. The van der Waals surface area contributed by atoms with E-state index < -0.39 is 5.41 Å². The van der Waals surface area contributed by atoms with E-state index in [2.05, 4.69) is 64.9 Å². The largest absolute Gasteiger partial charge is 0.459 e. The van der Waals surface area contributed by atoms with Crippen molar-refractivity contribution in [2.75, 3.05) is 0 Å². The molecule has 1 heterocycles. The average Bonchev–Trinajstić information content (AvgIpc) is 3.49. The number of nitrogens with zero attached hydrogens (tertiary/aromatic N) is 3. The summed E-state index contributed by atoms with van der Waals surface area (Å²) in [6.45, 7) is 16.8. The highest BCUT2D eigenvalue weighted by atomic mass is 19.1. The van der Waals surface area contributed by atoms with Crippen molar-refractivity contribution < 1.29 is 18.7 Å². The Labute approximate surface area is 273 Å². The van der Waals surface area contributed by atoms with Crippen LogP contribution in [-0.2, 0) is 20.9 Å². The Balaban J connectivity index is 1.19. The molecule has 4 saturated carbocycles. The Bertz CT molecular complexity index is 1600. The van der Waals surface area contributed by atoms with Crippen molar-refractivity contribution in [3.8, 4) is 5.69 Å². The number of carbonyl (C=O) groups is 2. The molecule has 0 unspecified atom stereocenters. The van der Waals surface area contributed by atoms with E-state index in [4.69, 9.17) is 4.74 Å². The number of hydrogen-bond acceptors (Lipinski definition) is 5. The van der Waals surface area contributed by atoms with Crippen LogP contribution in [-0.4, -0.2) is 26.7 Å². The minimum Gasteiger partial charge on any atom is -0.459 e. The molecule has 7 rings (SSSR count). The molecule has 0 N–H and O–H groups in total. The number of halogens is 1. The van der Waals surface area contributed by atoms with Crippen LogP contribution in [0.5, 0.6) is 0 Å². The standard InChI is InChI=1S/C39H52FN3O3/c1-24-14-19-39(34(45)46-23-26-22-43(42-41-26)29-11-9-8-10-28(29)40)21-20-37(6)27(33(39)25(24)2)12-13-31-36(5)17-16-32(44)35(3,4)30(36)15-18-38(31,37)7/h8-12,22,24-25,30-31,33H,13-21,23H2,1-7H3/t24-,25+,30+,31-,33+,36+,37-,38-,39+/m1/s1. The van der Waals surface area contributed by atoms with Crippen molar-refractivity contribution in [2.45, 2.75) is 113 Å².